The first-order chi connectivity index (χ1) is 7.98. The van der Waals surface area contributed by atoms with Crippen LogP contribution in [0.5, 0.6) is 0 Å². The van der Waals surface area contributed by atoms with E-state index in [1.165, 1.54) is 22.9 Å². The molecule has 1 aromatic rings. The molecule has 94 valence electrons. The van der Waals surface area contributed by atoms with Crippen molar-refractivity contribution in [1.82, 2.24) is 4.90 Å². The normalized spacial score (nSPS) is 16.8. The van der Waals surface area contributed by atoms with Gasteiger partial charge in [0.2, 0.25) is 0 Å². The number of rotatable bonds is 3. The van der Waals surface area contributed by atoms with E-state index in [0.717, 1.165) is 25.9 Å². The largest absolute Gasteiger partial charge is 0.285 e. The summed E-state index contributed by atoms with van der Waals surface area (Å²) >= 11 is 0. The SMILES string of the molecule is CCc1ccc2c(c1)CN(CS(C)(=O)=O)CC2. The molecule has 0 spiro atoms. The summed E-state index contributed by atoms with van der Waals surface area (Å²) in [7, 11) is -2.92. The van der Waals surface area contributed by atoms with Crippen molar-refractivity contribution in [3.05, 3.63) is 34.9 Å². The average Bonchev–Trinajstić information content (AvgIpc) is 2.26. The third-order valence-electron chi connectivity index (χ3n) is 3.19. The van der Waals surface area contributed by atoms with Crippen molar-refractivity contribution in [2.75, 3.05) is 18.7 Å². The molecule has 0 saturated heterocycles. The molecular formula is C13H19NO2S. The molecule has 0 amide bonds. The molecular weight excluding hydrogens is 234 g/mol. The summed E-state index contributed by atoms with van der Waals surface area (Å²) < 4.78 is 22.6. The highest BCUT2D eigenvalue weighted by molar-refractivity contribution is 7.90. The lowest BCUT2D eigenvalue weighted by atomic mass is 9.97. The fraction of sp³-hybridized carbons (Fsp3) is 0.538. The third kappa shape index (κ3) is 3.30. The van der Waals surface area contributed by atoms with Gasteiger partial charge in [-0.15, -0.1) is 0 Å². The highest BCUT2D eigenvalue weighted by atomic mass is 32.2. The lowest BCUT2D eigenvalue weighted by molar-refractivity contribution is 0.293. The Kier molecular flexibility index (Phi) is 3.54. The molecule has 0 N–H and O–H groups in total. The molecule has 4 heteroatoms. The zero-order valence-electron chi connectivity index (χ0n) is 10.4. The van der Waals surface area contributed by atoms with Crippen LogP contribution in [-0.4, -0.2) is 32.0 Å². The van der Waals surface area contributed by atoms with E-state index in [1.807, 2.05) is 4.90 Å². The van der Waals surface area contributed by atoms with Gasteiger partial charge in [-0.05, 0) is 29.5 Å². The molecule has 1 heterocycles. The Labute approximate surface area is 103 Å². The van der Waals surface area contributed by atoms with E-state index in [1.54, 1.807) is 0 Å². The van der Waals surface area contributed by atoms with Gasteiger partial charge in [-0.2, -0.15) is 0 Å². The van der Waals surface area contributed by atoms with Gasteiger partial charge < -0.3 is 0 Å². The number of sulfone groups is 1. The molecule has 0 fully saturated rings. The zero-order chi connectivity index (χ0) is 12.5. The summed E-state index contributed by atoms with van der Waals surface area (Å²) in [5.74, 6) is 0.169. The fourth-order valence-corrected chi connectivity index (χ4v) is 3.21. The van der Waals surface area contributed by atoms with Gasteiger partial charge in [-0.25, -0.2) is 8.42 Å². The number of nitrogens with zero attached hydrogens (tertiary/aromatic N) is 1. The summed E-state index contributed by atoms with van der Waals surface area (Å²) in [6.07, 6.45) is 3.28. The van der Waals surface area contributed by atoms with Gasteiger partial charge in [0.15, 0.2) is 9.84 Å². The van der Waals surface area contributed by atoms with Crippen molar-refractivity contribution >= 4 is 9.84 Å². The molecule has 0 atom stereocenters. The Morgan fingerprint density at radius 3 is 2.71 bits per heavy atom. The summed E-state index contributed by atoms with van der Waals surface area (Å²) in [5.41, 5.74) is 3.98. The summed E-state index contributed by atoms with van der Waals surface area (Å²) in [4.78, 5) is 2.01. The first-order valence-corrected chi connectivity index (χ1v) is 8.05. The molecule has 0 unspecified atom stereocenters. The predicted octanol–water partition coefficient (Wildman–Crippen LogP) is 1.61. The molecule has 0 radical (unpaired) electrons. The first kappa shape index (κ1) is 12.6. The van der Waals surface area contributed by atoms with Crippen molar-refractivity contribution in [1.29, 1.82) is 0 Å². The zero-order valence-corrected chi connectivity index (χ0v) is 11.3. The predicted molar refractivity (Wildman–Crippen MR) is 69.6 cm³/mol. The molecule has 3 nitrogen and oxygen atoms in total. The second kappa shape index (κ2) is 4.78. The molecule has 1 aromatic carbocycles. The fourth-order valence-electron chi connectivity index (χ4n) is 2.33. The van der Waals surface area contributed by atoms with Gasteiger partial charge >= 0.3 is 0 Å². The minimum Gasteiger partial charge on any atom is -0.285 e. The Hall–Kier alpha value is -0.870. The van der Waals surface area contributed by atoms with Crippen LogP contribution in [0.4, 0.5) is 0 Å². The molecule has 0 aromatic heterocycles. The van der Waals surface area contributed by atoms with Crippen LogP contribution in [0, 0.1) is 0 Å². The lowest BCUT2D eigenvalue weighted by Gasteiger charge is -2.28. The Bertz CT molecular complexity index is 508. The van der Waals surface area contributed by atoms with Crippen LogP contribution >= 0.6 is 0 Å². The van der Waals surface area contributed by atoms with Gasteiger partial charge in [0.05, 0.1) is 0 Å². The van der Waals surface area contributed by atoms with Crippen LogP contribution in [0.15, 0.2) is 18.2 Å². The molecule has 2 rings (SSSR count). The summed E-state index contributed by atoms with van der Waals surface area (Å²) in [6.45, 7) is 3.74. The van der Waals surface area contributed by atoms with E-state index in [9.17, 15) is 8.42 Å². The molecule has 17 heavy (non-hydrogen) atoms. The van der Waals surface area contributed by atoms with E-state index < -0.39 is 9.84 Å². The van der Waals surface area contributed by atoms with Crippen LogP contribution < -0.4 is 0 Å². The van der Waals surface area contributed by atoms with Gasteiger partial charge in [0, 0.05) is 19.3 Å². The van der Waals surface area contributed by atoms with Crippen LogP contribution in [0.3, 0.4) is 0 Å². The van der Waals surface area contributed by atoms with Crippen LogP contribution in [0.2, 0.25) is 0 Å². The molecule has 1 aliphatic rings. The monoisotopic (exact) mass is 253 g/mol. The van der Waals surface area contributed by atoms with E-state index in [2.05, 4.69) is 25.1 Å². The summed E-state index contributed by atoms with van der Waals surface area (Å²) in [5, 5.41) is 0. The molecule has 0 saturated carbocycles. The maximum Gasteiger partial charge on any atom is 0.160 e. The van der Waals surface area contributed by atoms with E-state index in [0.29, 0.717) is 0 Å². The number of aryl methyl sites for hydroxylation is 1. The minimum atomic E-state index is -2.92. The van der Waals surface area contributed by atoms with Crippen LogP contribution in [-0.2, 0) is 29.2 Å². The van der Waals surface area contributed by atoms with Crippen LogP contribution in [0.25, 0.3) is 0 Å². The third-order valence-corrected chi connectivity index (χ3v) is 4.02. The van der Waals surface area contributed by atoms with Gasteiger partial charge in [0.1, 0.15) is 5.88 Å². The average molecular weight is 253 g/mol. The second-order valence-electron chi connectivity index (χ2n) is 4.81. The van der Waals surface area contributed by atoms with Crippen molar-refractivity contribution in [3.63, 3.8) is 0 Å². The van der Waals surface area contributed by atoms with Crippen LogP contribution in [0.1, 0.15) is 23.6 Å². The molecule has 0 aliphatic carbocycles. The van der Waals surface area contributed by atoms with Gasteiger partial charge in [-0.1, -0.05) is 25.1 Å². The van der Waals surface area contributed by atoms with E-state index in [-0.39, 0.29) is 5.88 Å². The van der Waals surface area contributed by atoms with Gasteiger partial charge in [0.25, 0.3) is 0 Å². The second-order valence-corrected chi connectivity index (χ2v) is 6.92. The Balaban J connectivity index is 2.17. The highest BCUT2D eigenvalue weighted by Gasteiger charge is 2.19. The Morgan fingerprint density at radius 2 is 2.06 bits per heavy atom. The number of hydrogen-bond donors (Lipinski definition) is 0. The number of hydrogen-bond acceptors (Lipinski definition) is 3. The first-order valence-electron chi connectivity index (χ1n) is 5.98. The molecule has 1 aliphatic heterocycles. The van der Waals surface area contributed by atoms with Gasteiger partial charge in [-0.3, -0.25) is 4.90 Å². The van der Waals surface area contributed by atoms with Crippen molar-refractivity contribution < 1.29 is 8.42 Å². The maximum absolute atomic E-state index is 11.3. The Morgan fingerprint density at radius 1 is 1.29 bits per heavy atom. The maximum atomic E-state index is 11.3. The lowest BCUT2D eigenvalue weighted by Crippen LogP contribution is -2.34. The number of benzene rings is 1. The topological polar surface area (TPSA) is 37.4 Å². The quantitative estimate of drug-likeness (QED) is 0.821. The standard InChI is InChI=1S/C13H19NO2S/c1-3-11-4-5-12-6-7-14(9-13(12)8-11)10-17(2,15)16/h4-5,8H,3,6-7,9-10H2,1-2H3. The van der Waals surface area contributed by atoms with Crippen molar-refractivity contribution in [2.24, 2.45) is 0 Å². The van der Waals surface area contributed by atoms with Crippen molar-refractivity contribution in [3.8, 4) is 0 Å². The van der Waals surface area contributed by atoms with Crippen molar-refractivity contribution in [2.45, 2.75) is 26.3 Å². The van der Waals surface area contributed by atoms with E-state index in [4.69, 9.17) is 0 Å². The highest BCUT2D eigenvalue weighted by Crippen LogP contribution is 2.20. The minimum absolute atomic E-state index is 0.169. The number of fused-ring (bicyclic) bond motifs is 1. The summed E-state index contributed by atoms with van der Waals surface area (Å²) in [6, 6.07) is 6.57. The molecule has 0 bridgehead atoms. The van der Waals surface area contributed by atoms with E-state index >= 15 is 0 Å². The smallest absolute Gasteiger partial charge is 0.160 e.